The van der Waals surface area contributed by atoms with Crippen LogP contribution in [-0.2, 0) is 28.1 Å². The van der Waals surface area contributed by atoms with Gasteiger partial charge >= 0.3 is 98.1 Å². The standard InChI is InChI=1S/C9H8NO2.ClH.Hg/c11-7-6-10-9(12)8-4-2-1-3-5-8;;/h1-5H,6H2,(H,10,12);1H;/q;;+1/p-1. The van der Waals surface area contributed by atoms with Crippen molar-refractivity contribution in [3.8, 4) is 0 Å². The Kier molecular flexibility index (Phi) is 5.11. The minimum atomic E-state index is -1.82. The average Bonchev–Trinajstić information content (AvgIpc) is 2.26. The first kappa shape index (κ1) is 11.7. The molecule has 1 aromatic carbocycles. The van der Waals surface area contributed by atoms with E-state index in [1.54, 1.807) is 24.3 Å². The predicted molar refractivity (Wildman–Crippen MR) is 49.6 cm³/mol. The molecule has 0 aromatic heterocycles. The van der Waals surface area contributed by atoms with Crippen LogP contribution >= 0.6 is 8.25 Å². The van der Waals surface area contributed by atoms with Crippen molar-refractivity contribution in [2.24, 2.45) is 0 Å². The molecular formula is C9H8ClHgNO2. The van der Waals surface area contributed by atoms with Crippen molar-refractivity contribution in [1.82, 2.24) is 5.32 Å². The number of carbonyl (C=O) groups excluding carboxylic acids is 2. The summed E-state index contributed by atoms with van der Waals surface area (Å²) in [4.78, 5) is 22.3. The zero-order chi connectivity index (χ0) is 10.4. The van der Waals surface area contributed by atoms with Crippen LogP contribution in [0.5, 0.6) is 0 Å². The fourth-order valence-electron chi connectivity index (χ4n) is 0.918. The molecule has 0 aliphatic rings. The van der Waals surface area contributed by atoms with Gasteiger partial charge in [0.15, 0.2) is 0 Å². The van der Waals surface area contributed by atoms with E-state index in [2.05, 4.69) is 5.32 Å². The summed E-state index contributed by atoms with van der Waals surface area (Å²) in [5.41, 5.74) is 0.562. The molecule has 0 spiro atoms. The summed E-state index contributed by atoms with van der Waals surface area (Å²) >= 11 is -1.82. The van der Waals surface area contributed by atoms with Crippen LogP contribution in [0.15, 0.2) is 30.3 Å². The number of nitrogens with one attached hydrogen (secondary N) is 1. The van der Waals surface area contributed by atoms with Gasteiger partial charge in [-0.25, -0.2) is 0 Å². The Morgan fingerprint density at radius 1 is 1.29 bits per heavy atom. The van der Waals surface area contributed by atoms with Gasteiger partial charge in [0.2, 0.25) is 0 Å². The van der Waals surface area contributed by atoms with Crippen LogP contribution in [0.1, 0.15) is 10.4 Å². The summed E-state index contributed by atoms with van der Waals surface area (Å²) < 4.78 is 0.0240. The van der Waals surface area contributed by atoms with E-state index < -0.39 is 23.3 Å². The van der Waals surface area contributed by atoms with E-state index in [9.17, 15) is 9.59 Å². The van der Waals surface area contributed by atoms with E-state index in [1.165, 1.54) is 0 Å². The van der Waals surface area contributed by atoms with Crippen molar-refractivity contribution in [3.63, 3.8) is 0 Å². The van der Waals surface area contributed by atoms with Gasteiger partial charge in [0.25, 0.3) is 0 Å². The second-order valence-corrected chi connectivity index (χ2v) is 9.17. The van der Waals surface area contributed by atoms with E-state index in [4.69, 9.17) is 8.25 Å². The van der Waals surface area contributed by atoms with Crippen molar-refractivity contribution >= 4 is 17.4 Å². The fourth-order valence-corrected chi connectivity index (χ4v) is 2.60. The normalized spacial score (nSPS) is 8.93. The molecule has 1 amide bonds. The van der Waals surface area contributed by atoms with E-state index in [1.807, 2.05) is 6.07 Å². The minimum absolute atomic E-state index is 0.0240. The Hall–Kier alpha value is -0.415. The Morgan fingerprint density at radius 2 is 1.93 bits per heavy atom. The quantitative estimate of drug-likeness (QED) is 0.775. The van der Waals surface area contributed by atoms with Gasteiger partial charge in [-0.2, -0.15) is 0 Å². The maximum absolute atomic E-state index is 11.4. The van der Waals surface area contributed by atoms with Gasteiger partial charge in [-0.3, -0.25) is 0 Å². The Labute approximate surface area is 97.7 Å². The van der Waals surface area contributed by atoms with E-state index in [-0.39, 0.29) is 15.7 Å². The molecule has 0 saturated heterocycles. The zero-order valence-corrected chi connectivity index (χ0v) is 13.7. The molecule has 0 atom stereocenters. The second-order valence-electron chi connectivity index (χ2n) is 2.72. The summed E-state index contributed by atoms with van der Waals surface area (Å²) in [5, 5.41) is 2.53. The van der Waals surface area contributed by atoms with Crippen LogP contribution < -0.4 is 5.32 Å². The third-order valence-corrected chi connectivity index (χ3v) is 6.38. The van der Waals surface area contributed by atoms with Crippen molar-refractivity contribution in [2.45, 2.75) is 0 Å². The molecule has 0 radical (unpaired) electrons. The number of hydrogen-bond donors (Lipinski definition) is 1. The number of rotatable bonds is 4. The molecule has 0 heterocycles. The first-order chi connectivity index (χ1) is 6.74. The van der Waals surface area contributed by atoms with Gasteiger partial charge < -0.3 is 0 Å². The molecule has 1 N–H and O–H groups in total. The van der Waals surface area contributed by atoms with Crippen molar-refractivity contribution in [2.75, 3.05) is 6.54 Å². The molecule has 0 saturated carbocycles. The Balaban J connectivity index is 2.48. The number of hydrogen-bond acceptors (Lipinski definition) is 2. The Morgan fingerprint density at radius 3 is 2.50 bits per heavy atom. The molecule has 0 aliphatic carbocycles. The molecule has 3 nitrogen and oxygen atoms in total. The van der Waals surface area contributed by atoms with Crippen LogP contribution in [0.3, 0.4) is 0 Å². The van der Waals surface area contributed by atoms with Crippen molar-refractivity contribution in [1.29, 1.82) is 0 Å². The molecule has 0 fully saturated rings. The monoisotopic (exact) mass is 399 g/mol. The van der Waals surface area contributed by atoms with Crippen molar-refractivity contribution < 1.29 is 32.9 Å². The molecule has 0 bridgehead atoms. The van der Waals surface area contributed by atoms with Crippen LogP contribution in [0.2, 0.25) is 0 Å². The summed E-state index contributed by atoms with van der Waals surface area (Å²) in [6, 6.07) is 8.78. The van der Waals surface area contributed by atoms with Crippen molar-refractivity contribution in [3.05, 3.63) is 35.9 Å². The summed E-state index contributed by atoms with van der Waals surface area (Å²) in [7, 11) is 5.50. The number of benzene rings is 1. The summed E-state index contributed by atoms with van der Waals surface area (Å²) in [6.45, 7) is 0.0821. The first-order valence-corrected chi connectivity index (χ1v) is 13.7. The molecule has 1 rings (SSSR count). The van der Waals surface area contributed by atoms with Gasteiger partial charge in [0, 0.05) is 0 Å². The van der Waals surface area contributed by atoms with Crippen LogP contribution in [-0.4, -0.2) is 15.7 Å². The summed E-state index contributed by atoms with van der Waals surface area (Å²) in [5.74, 6) is -0.225. The molecule has 5 heteroatoms. The van der Waals surface area contributed by atoms with Gasteiger partial charge in [-0.1, -0.05) is 0 Å². The molecule has 70 valence electrons. The maximum atomic E-state index is 11.4. The third-order valence-electron chi connectivity index (χ3n) is 1.63. The number of halogens is 1. The molecular weight excluding hydrogens is 390 g/mol. The fraction of sp³-hybridized carbons (Fsp3) is 0.111. The van der Waals surface area contributed by atoms with E-state index >= 15 is 0 Å². The zero-order valence-electron chi connectivity index (χ0n) is 7.50. The van der Waals surface area contributed by atoms with Crippen LogP contribution in [0.4, 0.5) is 0 Å². The summed E-state index contributed by atoms with van der Waals surface area (Å²) in [6.07, 6.45) is 0. The van der Waals surface area contributed by atoms with Gasteiger partial charge in [-0.15, -0.1) is 0 Å². The molecule has 14 heavy (non-hydrogen) atoms. The Bertz CT molecular complexity index is 329. The second kappa shape index (κ2) is 6.14. The van der Waals surface area contributed by atoms with Gasteiger partial charge in [0.05, 0.1) is 0 Å². The number of carbonyl (C=O) groups is 2. The van der Waals surface area contributed by atoms with Gasteiger partial charge in [-0.05, 0) is 0 Å². The predicted octanol–water partition coefficient (Wildman–Crippen LogP) is 1.18. The molecule has 0 unspecified atom stereocenters. The topological polar surface area (TPSA) is 46.2 Å². The first-order valence-electron chi connectivity index (χ1n) is 4.15. The molecule has 1 aromatic rings. The number of amides is 1. The van der Waals surface area contributed by atoms with Gasteiger partial charge in [0.1, 0.15) is 0 Å². The third kappa shape index (κ3) is 3.76. The average molecular weight is 398 g/mol. The SMILES string of the molecule is O=[C](CNC(=O)c1ccccc1)[Hg][Cl]. The van der Waals surface area contributed by atoms with E-state index in [0.29, 0.717) is 5.56 Å². The van der Waals surface area contributed by atoms with Crippen LogP contribution in [0, 0.1) is 0 Å². The van der Waals surface area contributed by atoms with Crippen LogP contribution in [0.25, 0.3) is 0 Å². The molecule has 0 aliphatic heterocycles. The van der Waals surface area contributed by atoms with E-state index in [0.717, 1.165) is 0 Å².